The first-order chi connectivity index (χ1) is 7.58. The van der Waals surface area contributed by atoms with Crippen molar-refractivity contribution in [1.82, 2.24) is 0 Å². The van der Waals surface area contributed by atoms with Crippen LogP contribution in [0.3, 0.4) is 0 Å². The van der Waals surface area contributed by atoms with Crippen LogP contribution >= 0.6 is 0 Å². The highest BCUT2D eigenvalue weighted by Crippen LogP contribution is 2.20. The lowest BCUT2D eigenvalue weighted by atomic mass is 10.1. The van der Waals surface area contributed by atoms with E-state index in [0.717, 1.165) is 13.1 Å². The number of carboxylic acid groups (broad SMARTS) is 1. The van der Waals surface area contributed by atoms with Crippen molar-refractivity contribution in [2.75, 3.05) is 18.0 Å². The SMILES string of the molecule is CCN(CC)c1ccc(CC(=O)O)cc1F. The number of hydrogen-bond donors (Lipinski definition) is 1. The van der Waals surface area contributed by atoms with Crippen molar-refractivity contribution in [1.29, 1.82) is 0 Å². The van der Waals surface area contributed by atoms with E-state index in [-0.39, 0.29) is 12.2 Å². The van der Waals surface area contributed by atoms with Crippen molar-refractivity contribution in [2.45, 2.75) is 20.3 Å². The van der Waals surface area contributed by atoms with Gasteiger partial charge in [0, 0.05) is 13.1 Å². The molecule has 1 rings (SSSR count). The van der Waals surface area contributed by atoms with E-state index in [1.807, 2.05) is 18.7 Å². The van der Waals surface area contributed by atoms with Gasteiger partial charge in [0.1, 0.15) is 5.82 Å². The van der Waals surface area contributed by atoms with Crippen LogP contribution in [-0.4, -0.2) is 24.2 Å². The summed E-state index contributed by atoms with van der Waals surface area (Å²) in [5, 5.41) is 8.60. The Hall–Kier alpha value is -1.58. The summed E-state index contributed by atoms with van der Waals surface area (Å²) >= 11 is 0. The van der Waals surface area contributed by atoms with E-state index in [1.165, 1.54) is 6.07 Å². The fourth-order valence-electron chi connectivity index (χ4n) is 1.66. The number of rotatable bonds is 5. The largest absolute Gasteiger partial charge is 0.481 e. The highest BCUT2D eigenvalue weighted by molar-refractivity contribution is 5.70. The first-order valence-corrected chi connectivity index (χ1v) is 5.33. The van der Waals surface area contributed by atoms with Gasteiger partial charge in [-0.25, -0.2) is 4.39 Å². The van der Waals surface area contributed by atoms with Crippen LogP contribution in [0.2, 0.25) is 0 Å². The second-order valence-corrected chi connectivity index (χ2v) is 3.53. The van der Waals surface area contributed by atoms with Crippen LogP contribution < -0.4 is 4.90 Å². The number of carbonyl (C=O) groups is 1. The molecular formula is C12H16FNO2. The second kappa shape index (κ2) is 5.49. The summed E-state index contributed by atoms with van der Waals surface area (Å²) in [7, 11) is 0. The fraction of sp³-hybridized carbons (Fsp3) is 0.417. The number of carboxylic acids is 1. The van der Waals surface area contributed by atoms with Crippen molar-refractivity contribution in [2.24, 2.45) is 0 Å². The number of halogens is 1. The summed E-state index contributed by atoms with van der Waals surface area (Å²) < 4.78 is 13.7. The average Bonchev–Trinajstić information content (AvgIpc) is 2.21. The monoisotopic (exact) mass is 225 g/mol. The molecule has 16 heavy (non-hydrogen) atoms. The van der Waals surface area contributed by atoms with Crippen molar-refractivity contribution in [3.05, 3.63) is 29.6 Å². The molecule has 0 atom stereocenters. The summed E-state index contributed by atoms with van der Waals surface area (Å²) in [6, 6.07) is 4.59. The minimum atomic E-state index is -0.949. The van der Waals surface area contributed by atoms with Gasteiger partial charge in [0.25, 0.3) is 0 Å². The number of aliphatic carboxylic acids is 1. The van der Waals surface area contributed by atoms with Gasteiger partial charge in [-0.3, -0.25) is 4.79 Å². The molecule has 0 saturated carbocycles. The van der Waals surface area contributed by atoms with Gasteiger partial charge < -0.3 is 10.0 Å². The van der Waals surface area contributed by atoms with E-state index in [9.17, 15) is 9.18 Å². The molecule has 1 N–H and O–H groups in total. The highest BCUT2D eigenvalue weighted by atomic mass is 19.1. The smallest absolute Gasteiger partial charge is 0.307 e. The Morgan fingerprint density at radius 2 is 2.00 bits per heavy atom. The molecule has 0 spiro atoms. The molecule has 0 heterocycles. The van der Waals surface area contributed by atoms with Gasteiger partial charge >= 0.3 is 5.97 Å². The molecule has 4 heteroatoms. The molecule has 3 nitrogen and oxygen atoms in total. The van der Waals surface area contributed by atoms with E-state index in [0.29, 0.717) is 11.3 Å². The molecule has 0 bridgehead atoms. The van der Waals surface area contributed by atoms with E-state index < -0.39 is 5.97 Å². The molecule has 0 amide bonds. The molecule has 0 unspecified atom stereocenters. The quantitative estimate of drug-likeness (QED) is 0.835. The molecular weight excluding hydrogens is 209 g/mol. The Bertz CT molecular complexity index is 375. The minimum absolute atomic E-state index is 0.143. The first-order valence-electron chi connectivity index (χ1n) is 5.33. The summed E-state index contributed by atoms with van der Waals surface area (Å²) in [4.78, 5) is 12.4. The average molecular weight is 225 g/mol. The molecule has 1 aromatic carbocycles. The Labute approximate surface area is 94.5 Å². The van der Waals surface area contributed by atoms with Crippen LogP contribution in [0, 0.1) is 5.82 Å². The van der Waals surface area contributed by atoms with E-state index in [1.54, 1.807) is 12.1 Å². The van der Waals surface area contributed by atoms with Crippen molar-refractivity contribution >= 4 is 11.7 Å². The normalized spacial score (nSPS) is 10.2. The van der Waals surface area contributed by atoms with Crippen molar-refractivity contribution in [3.63, 3.8) is 0 Å². The number of anilines is 1. The van der Waals surface area contributed by atoms with Crippen LogP contribution in [0.4, 0.5) is 10.1 Å². The standard InChI is InChI=1S/C12H16FNO2/c1-3-14(4-2)11-6-5-9(7-10(11)13)8-12(15)16/h5-7H,3-4,8H2,1-2H3,(H,15,16). The number of nitrogens with zero attached hydrogens (tertiary/aromatic N) is 1. The van der Waals surface area contributed by atoms with Crippen LogP contribution in [-0.2, 0) is 11.2 Å². The second-order valence-electron chi connectivity index (χ2n) is 3.53. The third-order valence-electron chi connectivity index (χ3n) is 2.47. The zero-order chi connectivity index (χ0) is 12.1. The summed E-state index contributed by atoms with van der Waals surface area (Å²) in [5.74, 6) is -1.31. The van der Waals surface area contributed by atoms with E-state index >= 15 is 0 Å². The van der Waals surface area contributed by atoms with Crippen LogP contribution in [0.25, 0.3) is 0 Å². The van der Waals surface area contributed by atoms with E-state index in [4.69, 9.17) is 5.11 Å². The lowest BCUT2D eigenvalue weighted by Crippen LogP contribution is -2.23. The third kappa shape index (κ3) is 2.95. The van der Waals surface area contributed by atoms with E-state index in [2.05, 4.69) is 0 Å². The van der Waals surface area contributed by atoms with Gasteiger partial charge in [-0.05, 0) is 31.5 Å². The molecule has 0 radical (unpaired) electrons. The lowest BCUT2D eigenvalue weighted by Gasteiger charge is -2.21. The molecule has 0 aromatic heterocycles. The first kappa shape index (κ1) is 12.5. The van der Waals surface area contributed by atoms with Gasteiger partial charge in [0.2, 0.25) is 0 Å². The number of hydrogen-bond acceptors (Lipinski definition) is 2. The van der Waals surface area contributed by atoms with Crippen molar-refractivity contribution < 1.29 is 14.3 Å². The maximum absolute atomic E-state index is 13.7. The Balaban J connectivity index is 2.94. The van der Waals surface area contributed by atoms with Crippen molar-refractivity contribution in [3.8, 4) is 0 Å². The number of benzene rings is 1. The van der Waals surface area contributed by atoms with Gasteiger partial charge in [-0.1, -0.05) is 6.07 Å². The Kier molecular flexibility index (Phi) is 4.28. The van der Waals surface area contributed by atoms with Crippen LogP contribution in [0.15, 0.2) is 18.2 Å². The molecule has 0 aliphatic carbocycles. The van der Waals surface area contributed by atoms with Crippen LogP contribution in [0.5, 0.6) is 0 Å². The molecule has 0 fully saturated rings. The maximum Gasteiger partial charge on any atom is 0.307 e. The highest BCUT2D eigenvalue weighted by Gasteiger charge is 2.10. The predicted octanol–water partition coefficient (Wildman–Crippen LogP) is 2.30. The summed E-state index contributed by atoms with van der Waals surface area (Å²) in [5.41, 5.74) is 1.01. The minimum Gasteiger partial charge on any atom is -0.481 e. The van der Waals surface area contributed by atoms with Gasteiger partial charge in [-0.2, -0.15) is 0 Å². The van der Waals surface area contributed by atoms with Gasteiger partial charge in [-0.15, -0.1) is 0 Å². The summed E-state index contributed by atoms with van der Waals surface area (Å²) in [6.07, 6.45) is -0.143. The third-order valence-corrected chi connectivity index (χ3v) is 2.47. The lowest BCUT2D eigenvalue weighted by molar-refractivity contribution is -0.136. The van der Waals surface area contributed by atoms with Gasteiger partial charge in [0.05, 0.1) is 12.1 Å². The topological polar surface area (TPSA) is 40.5 Å². The molecule has 88 valence electrons. The Morgan fingerprint density at radius 3 is 2.44 bits per heavy atom. The molecule has 0 aliphatic rings. The summed E-state index contributed by atoms with van der Waals surface area (Å²) in [6.45, 7) is 5.36. The fourth-order valence-corrected chi connectivity index (χ4v) is 1.66. The zero-order valence-electron chi connectivity index (χ0n) is 9.53. The predicted molar refractivity (Wildman–Crippen MR) is 61.3 cm³/mol. The van der Waals surface area contributed by atoms with Crippen LogP contribution in [0.1, 0.15) is 19.4 Å². The maximum atomic E-state index is 13.7. The molecule has 0 aliphatic heterocycles. The molecule has 1 aromatic rings. The zero-order valence-corrected chi connectivity index (χ0v) is 9.53. The molecule has 0 saturated heterocycles. The Morgan fingerprint density at radius 1 is 1.38 bits per heavy atom. The van der Waals surface area contributed by atoms with Gasteiger partial charge in [0.15, 0.2) is 0 Å².